The van der Waals surface area contributed by atoms with Gasteiger partial charge < -0.3 is 9.64 Å². The number of rotatable bonds is 4. The molecule has 0 radical (unpaired) electrons. The highest BCUT2D eigenvalue weighted by Crippen LogP contribution is 2.28. The van der Waals surface area contributed by atoms with Crippen molar-refractivity contribution >= 4 is 17.3 Å². The average molecular weight is 265 g/mol. The van der Waals surface area contributed by atoms with E-state index in [0.717, 1.165) is 38.2 Å². The van der Waals surface area contributed by atoms with E-state index in [1.54, 1.807) is 12.1 Å². The van der Waals surface area contributed by atoms with Crippen molar-refractivity contribution in [2.75, 3.05) is 24.6 Å². The Kier molecular flexibility index (Phi) is 4.46. The minimum atomic E-state index is 0.302. The summed E-state index contributed by atoms with van der Waals surface area (Å²) in [6.07, 6.45) is 2.56. The molecule has 1 aliphatic heterocycles. The van der Waals surface area contributed by atoms with Crippen LogP contribution in [0.25, 0.3) is 0 Å². The Morgan fingerprint density at radius 1 is 1.56 bits per heavy atom. The highest BCUT2D eigenvalue weighted by molar-refractivity contribution is 6.33. The first-order valence-electron chi connectivity index (χ1n) is 6.30. The van der Waals surface area contributed by atoms with Crippen molar-refractivity contribution in [3.8, 4) is 6.07 Å². The topological polar surface area (TPSA) is 36.3 Å². The fourth-order valence-electron chi connectivity index (χ4n) is 2.26. The van der Waals surface area contributed by atoms with Crippen LogP contribution in [0.15, 0.2) is 18.2 Å². The van der Waals surface area contributed by atoms with Gasteiger partial charge in [0.05, 0.1) is 28.4 Å². The summed E-state index contributed by atoms with van der Waals surface area (Å²) in [5.41, 5.74) is 1.57. The zero-order chi connectivity index (χ0) is 13.0. The quantitative estimate of drug-likeness (QED) is 0.838. The summed E-state index contributed by atoms with van der Waals surface area (Å²) in [6.45, 7) is 4.71. The molecular formula is C14H17ClN2O. The SMILES string of the molecule is CCN(CC1CCCO1)c1ccc(C#N)cc1Cl. The lowest BCUT2D eigenvalue weighted by atomic mass is 10.2. The van der Waals surface area contributed by atoms with Crippen molar-refractivity contribution in [2.45, 2.75) is 25.9 Å². The molecule has 1 unspecified atom stereocenters. The van der Waals surface area contributed by atoms with Crippen molar-refractivity contribution in [3.63, 3.8) is 0 Å². The van der Waals surface area contributed by atoms with Crippen molar-refractivity contribution in [1.82, 2.24) is 0 Å². The minimum Gasteiger partial charge on any atom is -0.376 e. The van der Waals surface area contributed by atoms with Crippen LogP contribution in [0.2, 0.25) is 5.02 Å². The number of benzene rings is 1. The molecule has 1 heterocycles. The average Bonchev–Trinajstić information content (AvgIpc) is 2.89. The molecule has 18 heavy (non-hydrogen) atoms. The van der Waals surface area contributed by atoms with Gasteiger partial charge in [-0.3, -0.25) is 0 Å². The highest BCUT2D eigenvalue weighted by Gasteiger charge is 2.19. The van der Waals surface area contributed by atoms with Crippen LogP contribution >= 0.6 is 11.6 Å². The fraction of sp³-hybridized carbons (Fsp3) is 0.500. The molecule has 2 rings (SSSR count). The van der Waals surface area contributed by atoms with E-state index < -0.39 is 0 Å². The molecule has 1 aromatic rings. The Bertz CT molecular complexity index is 450. The predicted octanol–water partition coefficient (Wildman–Crippen LogP) is 3.22. The Morgan fingerprint density at radius 3 is 2.94 bits per heavy atom. The lowest BCUT2D eigenvalue weighted by molar-refractivity contribution is 0.115. The van der Waals surface area contributed by atoms with Crippen molar-refractivity contribution < 1.29 is 4.74 Å². The van der Waals surface area contributed by atoms with Crippen LogP contribution in [-0.2, 0) is 4.74 Å². The van der Waals surface area contributed by atoms with Crippen LogP contribution in [0.4, 0.5) is 5.69 Å². The van der Waals surface area contributed by atoms with Gasteiger partial charge >= 0.3 is 0 Å². The molecule has 0 saturated carbocycles. The largest absolute Gasteiger partial charge is 0.376 e. The number of halogens is 1. The van der Waals surface area contributed by atoms with Gasteiger partial charge in [-0.2, -0.15) is 5.26 Å². The Labute approximate surface area is 113 Å². The van der Waals surface area contributed by atoms with Crippen molar-refractivity contribution in [1.29, 1.82) is 5.26 Å². The van der Waals surface area contributed by atoms with E-state index in [1.165, 1.54) is 0 Å². The molecule has 1 fully saturated rings. The van der Waals surface area contributed by atoms with Gasteiger partial charge in [0.25, 0.3) is 0 Å². The molecule has 3 nitrogen and oxygen atoms in total. The second-order valence-electron chi connectivity index (χ2n) is 4.45. The van der Waals surface area contributed by atoms with Crippen molar-refractivity contribution in [3.05, 3.63) is 28.8 Å². The highest BCUT2D eigenvalue weighted by atomic mass is 35.5. The summed E-state index contributed by atoms with van der Waals surface area (Å²) in [4.78, 5) is 2.21. The van der Waals surface area contributed by atoms with Crippen LogP contribution < -0.4 is 4.90 Å². The Morgan fingerprint density at radius 2 is 2.39 bits per heavy atom. The van der Waals surface area contributed by atoms with E-state index in [0.29, 0.717) is 16.7 Å². The molecule has 1 aliphatic rings. The van der Waals surface area contributed by atoms with Crippen molar-refractivity contribution in [2.24, 2.45) is 0 Å². The van der Waals surface area contributed by atoms with Gasteiger partial charge in [-0.1, -0.05) is 11.6 Å². The minimum absolute atomic E-state index is 0.302. The number of nitriles is 1. The lowest BCUT2D eigenvalue weighted by Crippen LogP contribution is -2.32. The van der Waals surface area contributed by atoms with Gasteiger partial charge in [0.1, 0.15) is 0 Å². The number of ether oxygens (including phenoxy) is 1. The maximum atomic E-state index is 8.84. The van der Waals surface area contributed by atoms with Gasteiger partial charge in [-0.25, -0.2) is 0 Å². The molecule has 1 aromatic carbocycles. The number of nitrogens with zero attached hydrogens (tertiary/aromatic N) is 2. The maximum absolute atomic E-state index is 8.84. The summed E-state index contributed by atoms with van der Waals surface area (Å²) in [6, 6.07) is 7.54. The molecule has 96 valence electrons. The summed E-state index contributed by atoms with van der Waals surface area (Å²) < 4.78 is 5.65. The van der Waals surface area contributed by atoms with E-state index in [1.807, 2.05) is 6.07 Å². The van der Waals surface area contributed by atoms with Gasteiger partial charge in [0.15, 0.2) is 0 Å². The third-order valence-electron chi connectivity index (χ3n) is 3.25. The number of hydrogen-bond acceptors (Lipinski definition) is 3. The second-order valence-corrected chi connectivity index (χ2v) is 4.86. The normalized spacial score (nSPS) is 18.6. The van der Waals surface area contributed by atoms with Crippen LogP contribution in [0.1, 0.15) is 25.3 Å². The number of likely N-dealkylation sites (N-methyl/N-ethyl adjacent to an activating group) is 1. The van der Waals surface area contributed by atoms with E-state index in [-0.39, 0.29) is 0 Å². The summed E-state index contributed by atoms with van der Waals surface area (Å²) in [7, 11) is 0. The first-order valence-corrected chi connectivity index (χ1v) is 6.68. The van der Waals surface area contributed by atoms with E-state index in [2.05, 4.69) is 17.9 Å². The smallest absolute Gasteiger partial charge is 0.0992 e. The summed E-state index contributed by atoms with van der Waals surface area (Å²) in [5, 5.41) is 9.47. The summed E-state index contributed by atoms with van der Waals surface area (Å²) in [5.74, 6) is 0. The molecular weight excluding hydrogens is 248 g/mol. The van der Waals surface area contributed by atoms with E-state index in [9.17, 15) is 0 Å². The summed E-state index contributed by atoms with van der Waals surface area (Å²) >= 11 is 6.23. The molecule has 1 saturated heterocycles. The van der Waals surface area contributed by atoms with Gasteiger partial charge in [0.2, 0.25) is 0 Å². The molecule has 0 amide bonds. The van der Waals surface area contributed by atoms with Gasteiger partial charge in [-0.05, 0) is 38.0 Å². The van der Waals surface area contributed by atoms with E-state index >= 15 is 0 Å². The molecule has 0 N–H and O–H groups in total. The Hall–Kier alpha value is -1.24. The molecule has 0 spiro atoms. The van der Waals surface area contributed by atoms with Crippen LogP contribution in [0, 0.1) is 11.3 Å². The third-order valence-corrected chi connectivity index (χ3v) is 3.55. The van der Waals surface area contributed by atoms with Gasteiger partial charge in [-0.15, -0.1) is 0 Å². The van der Waals surface area contributed by atoms with Crippen LogP contribution in [0.3, 0.4) is 0 Å². The third kappa shape index (κ3) is 2.95. The first-order chi connectivity index (χ1) is 8.74. The van der Waals surface area contributed by atoms with Crippen LogP contribution in [0.5, 0.6) is 0 Å². The molecule has 0 bridgehead atoms. The standard InChI is InChI=1S/C14H17ClN2O/c1-2-17(10-12-4-3-7-18-12)14-6-5-11(9-16)8-13(14)15/h5-6,8,12H,2-4,7,10H2,1H3. The van der Waals surface area contributed by atoms with Crippen LogP contribution in [-0.4, -0.2) is 25.8 Å². The zero-order valence-corrected chi connectivity index (χ0v) is 11.3. The second kappa shape index (κ2) is 6.08. The van der Waals surface area contributed by atoms with E-state index in [4.69, 9.17) is 21.6 Å². The fourth-order valence-corrected chi connectivity index (χ4v) is 2.56. The predicted molar refractivity (Wildman–Crippen MR) is 73.0 cm³/mol. The molecule has 4 heteroatoms. The zero-order valence-electron chi connectivity index (χ0n) is 10.5. The maximum Gasteiger partial charge on any atom is 0.0992 e. The molecule has 0 aromatic heterocycles. The lowest BCUT2D eigenvalue weighted by Gasteiger charge is -2.27. The van der Waals surface area contributed by atoms with Gasteiger partial charge in [0, 0.05) is 19.7 Å². The number of hydrogen-bond donors (Lipinski definition) is 0. The Balaban J connectivity index is 2.14. The first kappa shape index (κ1) is 13.2. The molecule has 0 aliphatic carbocycles. The molecule has 1 atom stereocenters. The monoisotopic (exact) mass is 264 g/mol. The number of anilines is 1.